The summed E-state index contributed by atoms with van der Waals surface area (Å²) in [4.78, 5) is 0.389. The number of fused-ring (bicyclic) bond motifs is 1. The van der Waals surface area contributed by atoms with Crippen molar-refractivity contribution in [2.24, 2.45) is 5.73 Å². The molecule has 0 aliphatic carbocycles. The second-order valence-electron chi connectivity index (χ2n) is 8.64. The third-order valence-corrected chi connectivity index (χ3v) is 8.73. The van der Waals surface area contributed by atoms with E-state index in [-0.39, 0.29) is 11.3 Å². The highest BCUT2D eigenvalue weighted by molar-refractivity contribution is 7.89. The Morgan fingerprint density at radius 3 is 2.48 bits per heavy atom. The van der Waals surface area contributed by atoms with E-state index < -0.39 is 10.0 Å². The molecule has 164 valence electrons. The van der Waals surface area contributed by atoms with Gasteiger partial charge in [-0.2, -0.15) is 0 Å². The van der Waals surface area contributed by atoms with E-state index in [2.05, 4.69) is 42.0 Å². The van der Waals surface area contributed by atoms with E-state index in [4.69, 9.17) is 18.0 Å². The molecule has 0 saturated carbocycles. The summed E-state index contributed by atoms with van der Waals surface area (Å²) in [7, 11) is -3.21. The molecule has 0 radical (unpaired) electrons. The zero-order valence-corrected chi connectivity index (χ0v) is 19.8. The molecule has 4 rings (SSSR count). The van der Waals surface area contributed by atoms with Crippen LogP contribution in [0.15, 0.2) is 48.7 Å². The topological polar surface area (TPSA) is 68.3 Å². The largest absolute Gasteiger partial charge is 0.389 e. The number of thiocarbonyl (C=S) groups is 1. The first kappa shape index (κ1) is 22.0. The van der Waals surface area contributed by atoms with Crippen LogP contribution in [0.5, 0.6) is 0 Å². The second kappa shape index (κ2) is 8.37. The first-order chi connectivity index (χ1) is 14.7. The van der Waals surface area contributed by atoms with Gasteiger partial charge < -0.3 is 10.3 Å². The zero-order valence-electron chi connectivity index (χ0n) is 18.2. The third kappa shape index (κ3) is 4.14. The van der Waals surface area contributed by atoms with Gasteiger partial charge >= 0.3 is 0 Å². The van der Waals surface area contributed by atoms with E-state index in [1.165, 1.54) is 16.5 Å². The van der Waals surface area contributed by atoms with Crippen LogP contribution in [0.2, 0.25) is 0 Å². The number of aryl methyl sites for hydroxylation is 1. The zero-order chi connectivity index (χ0) is 22.3. The maximum Gasteiger partial charge on any atom is 0.216 e. The molecule has 5 nitrogen and oxygen atoms in total. The molecule has 31 heavy (non-hydrogen) atoms. The number of piperidine rings is 1. The van der Waals surface area contributed by atoms with Crippen molar-refractivity contribution in [2.45, 2.75) is 44.9 Å². The molecule has 2 N–H and O–H groups in total. The molecule has 2 heterocycles. The predicted octanol–water partition coefficient (Wildman–Crippen LogP) is 4.63. The Balaban J connectivity index is 1.72. The van der Waals surface area contributed by atoms with Crippen molar-refractivity contribution in [3.63, 3.8) is 0 Å². The Morgan fingerprint density at radius 2 is 1.84 bits per heavy atom. The van der Waals surface area contributed by atoms with Crippen molar-refractivity contribution < 1.29 is 8.42 Å². The SMILES string of the molecule is Cc1ccc2c(-c3cccc(C(N)=S)c3)cn(C3CCN(S(=O)(=O)C(C)C)CC3)c2c1. The molecule has 0 spiro atoms. The van der Waals surface area contributed by atoms with Gasteiger partial charge in [0, 0.05) is 47.4 Å². The Morgan fingerprint density at radius 1 is 1.13 bits per heavy atom. The number of hydrogen-bond donors (Lipinski definition) is 1. The third-order valence-electron chi connectivity index (χ3n) is 6.22. The van der Waals surface area contributed by atoms with Gasteiger partial charge in [0.2, 0.25) is 10.0 Å². The molecule has 1 aliphatic rings. The Bertz CT molecular complexity index is 1240. The maximum absolute atomic E-state index is 12.6. The summed E-state index contributed by atoms with van der Waals surface area (Å²) < 4.78 is 29.1. The molecule has 0 unspecified atom stereocenters. The number of benzene rings is 2. The highest BCUT2D eigenvalue weighted by Gasteiger charge is 2.31. The van der Waals surface area contributed by atoms with Gasteiger partial charge in [-0.25, -0.2) is 12.7 Å². The van der Waals surface area contributed by atoms with Crippen LogP contribution in [-0.4, -0.2) is 40.6 Å². The highest BCUT2D eigenvalue weighted by Crippen LogP contribution is 2.36. The number of nitrogens with zero attached hydrogens (tertiary/aromatic N) is 2. The first-order valence-corrected chi connectivity index (χ1v) is 12.6. The van der Waals surface area contributed by atoms with Gasteiger partial charge in [-0.15, -0.1) is 0 Å². The van der Waals surface area contributed by atoms with Crippen molar-refractivity contribution in [3.8, 4) is 11.1 Å². The minimum atomic E-state index is -3.21. The molecule has 0 bridgehead atoms. The van der Waals surface area contributed by atoms with Crippen molar-refractivity contribution in [1.82, 2.24) is 8.87 Å². The molecule has 3 aromatic rings. The summed E-state index contributed by atoms with van der Waals surface area (Å²) in [5.41, 5.74) is 11.3. The molecule has 1 aromatic heterocycles. The quantitative estimate of drug-likeness (QED) is 0.570. The summed E-state index contributed by atoms with van der Waals surface area (Å²) in [6, 6.07) is 14.8. The number of hydrogen-bond acceptors (Lipinski definition) is 3. The van der Waals surface area contributed by atoms with E-state index in [0.717, 1.165) is 29.5 Å². The lowest BCUT2D eigenvalue weighted by atomic mass is 10.0. The summed E-state index contributed by atoms with van der Waals surface area (Å²) >= 11 is 5.17. The van der Waals surface area contributed by atoms with E-state index in [1.807, 2.05) is 18.2 Å². The van der Waals surface area contributed by atoms with E-state index in [1.54, 1.807) is 18.2 Å². The fourth-order valence-electron chi connectivity index (χ4n) is 4.41. The molecule has 0 amide bonds. The fourth-order valence-corrected chi connectivity index (χ4v) is 5.85. The van der Waals surface area contributed by atoms with Gasteiger partial charge in [0.05, 0.1) is 5.25 Å². The van der Waals surface area contributed by atoms with Gasteiger partial charge in [0.25, 0.3) is 0 Å². The average molecular weight is 456 g/mol. The van der Waals surface area contributed by atoms with Crippen LogP contribution >= 0.6 is 12.2 Å². The fraction of sp³-hybridized carbons (Fsp3) is 0.375. The number of aromatic nitrogens is 1. The van der Waals surface area contributed by atoms with Crippen molar-refractivity contribution in [3.05, 3.63) is 59.8 Å². The lowest BCUT2D eigenvalue weighted by molar-refractivity contribution is 0.276. The minimum absolute atomic E-state index is 0.260. The van der Waals surface area contributed by atoms with Crippen molar-refractivity contribution >= 4 is 38.1 Å². The van der Waals surface area contributed by atoms with Crippen molar-refractivity contribution in [2.75, 3.05) is 13.1 Å². The molecule has 2 aromatic carbocycles. The maximum atomic E-state index is 12.6. The number of sulfonamides is 1. The first-order valence-electron chi connectivity index (χ1n) is 10.7. The summed E-state index contributed by atoms with van der Waals surface area (Å²) in [5, 5.41) is 0.800. The van der Waals surface area contributed by atoms with Crippen LogP contribution in [-0.2, 0) is 10.0 Å². The minimum Gasteiger partial charge on any atom is -0.389 e. The van der Waals surface area contributed by atoms with Crippen molar-refractivity contribution in [1.29, 1.82) is 0 Å². The van der Waals surface area contributed by atoms with Crippen LogP contribution in [0.4, 0.5) is 0 Å². The van der Waals surface area contributed by atoms with Gasteiger partial charge in [0.1, 0.15) is 4.99 Å². The summed E-state index contributed by atoms with van der Waals surface area (Å²) in [6.45, 7) is 6.71. The standard InChI is InChI=1S/C24H29N3O2S2/c1-16(2)31(28,29)26-11-9-20(10-12-26)27-15-22(21-8-7-17(3)13-23(21)27)18-5-4-6-19(14-18)24(25)30/h4-8,13-16,20H,9-12H2,1-3H3,(H2,25,30). The van der Waals surface area contributed by atoms with E-state index >= 15 is 0 Å². The molecule has 7 heteroatoms. The molecule has 1 saturated heterocycles. The lowest BCUT2D eigenvalue weighted by Gasteiger charge is -2.33. The molecular weight excluding hydrogens is 426 g/mol. The number of nitrogens with two attached hydrogens (primary N) is 1. The summed E-state index contributed by atoms with van der Waals surface area (Å²) in [6.07, 6.45) is 3.81. The van der Waals surface area contributed by atoms with Gasteiger partial charge in [0.15, 0.2) is 0 Å². The van der Waals surface area contributed by atoms with Crippen LogP contribution in [0.1, 0.15) is 43.9 Å². The average Bonchev–Trinajstić information content (AvgIpc) is 3.12. The van der Waals surface area contributed by atoms with Gasteiger partial charge in [-0.3, -0.25) is 0 Å². The Labute approximate surface area is 189 Å². The summed E-state index contributed by atoms with van der Waals surface area (Å²) in [5.74, 6) is 0. The lowest BCUT2D eigenvalue weighted by Crippen LogP contribution is -2.42. The van der Waals surface area contributed by atoms with E-state index in [0.29, 0.717) is 18.1 Å². The molecular formula is C24H29N3O2S2. The Kier molecular flexibility index (Phi) is 5.94. The normalized spacial score (nSPS) is 16.3. The second-order valence-corrected chi connectivity index (χ2v) is 11.6. The van der Waals surface area contributed by atoms with Crippen LogP contribution < -0.4 is 5.73 Å². The van der Waals surface area contributed by atoms with Crippen LogP contribution in [0.25, 0.3) is 22.0 Å². The predicted molar refractivity (Wildman–Crippen MR) is 132 cm³/mol. The monoisotopic (exact) mass is 455 g/mol. The highest BCUT2D eigenvalue weighted by atomic mass is 32.2. The Hall–Kier alpha value is -2.22. The molecule has 1 aliphatic heterocycles. The van der Waals surface area contributed by atoms with Crippen LogP contribution in [0.3, 0.4) is 0 Å². The van der Waals surface area contributed by atoms with Gasteiger partial charge in [-0.1, -0.05) is 42.5 Å². The van der Waals surface area contributed by atoms with E-state index in [9.17, 15) is 8.42 Å². The molecule has 1 fully saturated rings. The molecule has 0 atom stereocenters. The van der Waals surface area contributed by atoms with Gasteiger partial charge in [-0.05, 0) is 56.9 Å². The smallest absolute Gasteiger partial charge is 0.216 e. The van der Waals surface area contributed by atoms with Crippen LogP contribution in [0, 0.1) is 6.92 Å². The number of rotatable bonds is 5.